The van der Waals surface area contributed by atoms with Crippen LogP contribution in [0.1, 0.15) is 20.8 Å². The maximum absolute atomic E-state index is 13.2. The van der Waals surface area contributed by atoms with Crippen LogP contribution in [0.4, 0.5) is 14.5 Å². The van der Waals surface area contributed by atoms with Crippen LogP contribution in [0.2, 0.25) is 0 Å². The summed E-state index contributed by atoms with van der Waals surface area (Å²) in [5.74, 6) is -1.06. The number of nitrogens with two attached hydrogens (primary N) is 1. The summed E-state index contributed by atoms with van der Waals surface area (Å²) in [7, 11) is 0. The van der Waals surface area contributed by atoms with E-state index < -0.39 is 11.6 Å². The highest BCUT2D eigenvalue weighted by Crippen LogP contribution is 2.15. The Morgan fingerprint density at radius 2 is 1.94 bits per heavy atom. The monoisotopic (exact) mass is 227 g/mol. The van der Waals surface area contributed by atoms with Gasteiger partial charge in [-0.15, -0.1) is 0 Å². The molecule has 0 aliphatic rings. The fraction of sp³-hybridized carbons (Fsp3) is 0.364. The van der Waals surface area contributed by atoms with Gasteiger partial charge in [0.25, 0.3) is 0 Å². The van der Waals surface area contributed by atoms with E-state index in [2.05, 4.69) is 10.3 Å². The molecule has 0 atom stereocenters. The number of benzene rings is 1. The Hall–Kier alpha value is -1.65. The van der Waals surface area contributed by atoms with E-state index in [1.165, 1.54) is 0 Å². The van der Waals surface area contributed by atoms with Crippen molar-refractivity contribution in [1.29, 1.82) is 0 Å². The van der Waals surface area contributed by atoms with Gasteiger partial charge in [0.2, 0.25) is 0 Å². The zero-order valence-corrected chi connectivity index (χ0v) is 9.51. The summed E-state index contributed by atoms with van der Waals surface area (Å²) in [6.45, 7) is 5.55. The molecule has 0 saturated heterocycles. The SMILES string of the molecule is CC(C)(C)N=C(N)Nc1cc(F)ccc1F. The number of guanidine groups is 1. The quantitative estimate of drug-likeness (QED) is 0.572. The number of aliphatic imine (C=N–C) groups is 1. The summed E-state index contributed by atoms with van der Waals surface area (Å²) in [6.07, 6.45) is 0. The second kappa shape index (κ2) is 4.47. The van der Waals surface area contributed by atoms with Gasteiger partial charge in [0.05, 0.1) is 11.2 Å². The van der Waals surface area contributed by atoms with Crippen molar-refractivity contribution in [2.45, 2.75) is 26.3 Å². The molecule has 1 aromatic carbocycles. The van der Waals surface area contributed by atoms with Crippen LogP contribution in [0.15, 0.2) is 23.2 Å². The smallest absolute Gasteiger partial charge is 0.193 e. The lowest BCUT2D eigenvalue weighted by Crippen LogP contribution is -2.27. The molecule has 0 heterocycles. The van der Waals surface area contributed by atoms with E-state index in [0.717, 1.165) is 18.2 Å². The van der Waals surface area contributed by atoms with Crippen molar-refractivity contribution in [1.82, 2.24) is 0 Å². The molecule has 3 nitrogen and oxygen atoms in total. The number of nitrogens with one attached hydrogen (secondary N) is 1. The van der Waals surface area contributed by atoms with Gasteiger partial charge in [0.1, 0.15) is 11.6 Å². The molecule has 0 fully saturated rings. The molecule has 5 heteroatoms. The van der Waals surface area contributed by atoms with Gasteiger partial charge in [-0.05, 0) is 32.9 Å². The van der Waals surface area contributed by atoms with Crippen LogP contribution < -0.4 is 11.1 Å². The van der Waals surface area contributed by atoms with E-state index in [1.807, 2.05) is 20.8 Å². The van der Waals surface area contributed by atoms with E-state index in [0.29, 0.717) is 0 Å². The van der Waals surface area contributed by atoms with Crippen LogP contribution in [0, 0.1) is 11.6 Å². The fourth-order valence-electron chi connectivity index (χ4n) is 1.12. The van der Waals surface area contributed by atoms with Crippen LogP contribution in [0.25, 0.3) is 0 Å². The maximum atomic E-state index is 13.2. The van der Waals surface area contributed by atoms with Crippen molar-refractivity contribution in [3.8, 4) is 0 Å². The third kappa shape index (κ3) is 3.84. The van der Waals surface area contributed by atoms with Crippen molar-refractivity contribution in [2.24, 2.45) is 10.7 Å². The molecular formula is C11H15F2N3. The Morgan fingerprint density at radius 3 is 2.50 bits per heavy atom. The zero-order valence-electron chi connectivity index (χ0n) is 9.51. The number of nitrogens with zero attached hydrogens (tertiary/aromatic N) is 1. The Balaban J connectivity index is 2.89. The topological polar surface area (TPSA) is 50.4 Å². The largest absolute Gasteiger partial charge is 0.370 e. The fourth-order valence-corrected chi connectivity index (χ4v) is 1.12. The van der Waals surface area contributed by atoms with Gasteiger partial charge in [-0.25, -0.2) is 13.8 Å². The predicted molar refractivity (Wildman–Crippen MR) is 61.4 cm³/mol. The standard InChI is InChI=1S/C11H15F2N3/c1-11(2,3)16-10(14)15-9-6-7(12)4-5-8(9)13/h4-6H,1-3H3,(H3,14,15,16). The van der Waals surface area contributed by atoms with E-state index in [9.17, 15) is 8.78 Å². The highest BCUT2D eigenvalue weighted by Gasteiger charge is 2.10. The average Bonchev–Trinajstić information content (AvgIpc) is 2.08. The molecule has 0 spiro atoms. The maximum Gasteiger partial charge on any atom is 0.193 e. The van der Waals surface area contributed by atoms with Crippen LogP contribution in [-0.4, -0.2) is 11.5 Å². The van der Waals surface area contributed by atoms with Gasteiger partial charge in [0.15, 0.2) is 5.96 Å². The zero-order chi connectivity index (χ0) is 12.3. The van der Waals surface area contributed by atoms with E-state index in [-0.39, 0.29) is 17.2 Å². The summed E-state index contributed by atoms with van der Waals surface area (Å²) < 4.78 is 26.1. The molecule has 0 amide bonds. The van der Waals surface area contributed by atoms with Crippen LogP contribution in [-0.2, 0) is 0 Å². The van der Waals surface area contributed by atoms with Gasteiger partial charge in [-0.3, -0.25) is 0 Å². The molecule has 88 valence electrons. The minimum absolute atomic E-state index is 0.0227. The molecule has 0 radical (unpaired) electrons. The van der Waals surface area contributed by atoms with Gasteiger partial charge in [-0.2, -0.15) is 0 Å². The van der Waals surface area contributed by atoms with Crippen LogP contribution >= 0.6 is 0 Å². The Morgan fingerprint density at radius 1 is 1.31 bits per heavy atom. The van der Waals surface area contributed by atoms with Gasteiger partial charge >= 0.3 is 0 Å². The lowest BCUT2D eigenvalue weighted by atomic mass is 10.1. The van der Waals surface area contributed by atoms with E-state index in [4.69, 9.17) is 5.73 Å². The molecule has 3 N–H and O–H groups in total. The number of anilines is 1. The van der Waals surface area contributed by atoms with Gasteiger partial charge in [0, 0.05) is 6.07 Å². The summed E-state index contributed by atoms with van der Waals surface area (Å²) >= 11 is 0. The number of hydrogen-bond donors (Lipinski definition) is 2. The summed E-state index contributed by atoms with van der Waals surface area (Å²) in [5, 5.41) is 2.52. The van der Waals surface area contributed by atoms with Gasteiger partial charge in [-0.1, -0.05) is 0 Å². The second-order valence-corrected chi connectivity index (χ2v) is 4.42. The molecule has 16 heavy (non-hydrogen) atoms. The van der Waals surface area contributed by atoms with Crippen LogP contribution in [0.5, 0.6) is 0 Å². The van der Waals surface area contributed by atoms with Gasteiger partial charge < -0.3 is 11.1 Å². The Bertz CT molecular complexity index is 408. The molecule has 1 rings (SSSR count). The van der Waals surface area contributed by atoms with Crippen molar-refractivity contribution in [3.05, 3.63) is 29.8 Å². The summed E-state index contributed by atoms with van der Waals surface area (Å²) in [5.41, 5.74) is 5.16. The average molecular weight is 227 g/mol. The molecular weight excluding hydrogens is 212 g/mol. The van der Waals surface area contributed by atoms with Crippen molar-refractivity contribution in [2.75, 3.05) is 5.32 Å². The molecule has 0 aliphatic carbocycles. The minimum Gasteiger partial charge on any atom is -0.370 e. The van der Waals surface area contributed by atoms with Crippen LogP contribution in [0.3, 0.4) is 0 Å². The van der Waals surface area contributed by atoms with Crippen molar-refractivity contribution in [3.63, 3.8) is 0 Å². The lowest BCUT2D eigenvalue weighted by Gasteiger charge is -2.14. The predicted octanol–water partition coefficient (Wildman–Crippen LogP) is 2.49. The Kier molecular flexibility index (Phi) is 3.47. The molecule has 0 aliphatic heterocycles. The minimum atomic E-state index is -0.576. The third-order valence-corrected chi connectivity index (χ3v) is 1.65. The number of rotatable bonds is 1. The van der Waals surface area contributed by atoms with E-state index >= 15 is 0 Å². The highest BCUT2D eigenvalue weighted by atomic mass is 19.1. The lowest BCUT2D eigenvalue weighted by molar-refractivity contribution is 0.582. The highest BCUT2D eigenvalue weighted by molar-refractivity contribution is 5.92. The molecule has 0 bridgehead atoms. The summed E-state index contributed by atoms with van der Waals surface area (Å²) in [6, 6.07) is 3.10. The molecule has 1 aromatic rings. The number of hydrogen-bond acceptors (Lipinski definition) is 1. The second-order valence-electron chi connectivity index (χ2n) is 4.42. The third-order valence-electron chi connectivity index (χ3n) is 1.65. The first-order valence-electron chi connectivity index (χ1n) is 4.85. The normalized spacial score (nSPS) is 12.7. The van der Waals surface area contributed by atoms with E-state index in [1.54, 1.807) is 0 Å². The first-order valence-corrected chi connectivity index (χ1v) is 4.85. The summed E-state index contributed by atoms with van der Waals surface area (Å²) in [4.78, 5) is 4.07. The van der Waals surface area contributed by atoms with Crippen molar-refractivity contribution < 1.29 is 8.78 Å². The first kappa shape index (κ1) is 12.4. The van der Waals surface area contributed by atoms with Crippen molar-refractivity contribution >= 4 is 11.6 Å². The number of halogens is 2. The molecule has 0 aromatic heterocycles. The Labute approximate surface area is 93.4 Å². The first-order chi connectivity index (χ1) is 7.28. The molecule has 0 saturated carbocycles. The molecule has 0 unspecified atom stereocenters.